The van der Waals surface area contributed by atoms with Crippen molar-refractivity contribution in [2.75, 3.05) is 36.5 Å². The number of ether oxygens (including phenoxy) is 1. The van der Waals surface area contributed by atoms with Crippen LogP contribution in [0.2, 0.25) is 4.34 Å². The van der Waals surface area contributed by atoms with E-state index in [-0.39, 0.29) is 36.0 Å². The van der Waals surface area contributed by atoms with Crippen LogP contribution in [0.15, 0.2) is 30.3 Å². The summed E-state index contributed by atoms with van der Waals surface area (Å²) in [7, 11) is 0. The van der Waals surface area contributed by atoms with Gasteiger partial charge in [-0.05, 0) is 30.3 Å². The van der Waals surface area contributed by atoms with E-state index in [0.717, 1.165) is 17.4 Å². The molecule has 14 heteroatoms. The summed E-state index contributed by atoms with van der Waals surface area (Å²) in [5.74, 6) is -1.95. The first kappa shape index (κ1) is 25.3. The van der Waals surface area contributed by atoms with Gasteiger partial charge in [0.25, 0.3) is 18.2 Å². The molecule has 1 saturated heterocycles. The van der Waals surface area contributed by atoms with Crippen molar-refractivity contribution >= 4 is 58.1 Å². The second kappa shape index (κ2) is 11.2. The molecule has 1 aromatic carbocycles. The lowest BCUT2D eigenvalue weighted by Gasteiger charge is -2.27. The van der Waals surface area contributed by atoms with Gasteiger partial charge < -0.3 is 30.7 Å². The smallest absolute Gasteiger partial charge is 0.405 e. The molecular weight excluding hydrogens is 498 g/mol. The van der Waals surface area contributed by atoms with E-state index in [1.807, 2.05) is 5.32 Å². The van der Waals surface area contributed by atoms with Crippen molar-refractivity contribution in [3.8, 4) is 0 Å². The minimum atomic E-state index is -3.00. The number of carboxylic acid groups (broad SMARTS) is 1. The van der Waals surface area contributed by atoms with E-state index >= 15 is 0 Å². The third kappa shape index (κ3) is 6.40. The highest BCUT2D eigenvalue weighted by molar-refractivity contribution is 7.18. The summed E-state index contributed by atoms with van der Waals surface area (Å²) in [4.78, 5) is 49.5. The van der Waals surface area contributed by atoms with Crippen LogP contribution in [0.3, 0.4) is 0 Å². The lowest BCUT2D eigenvalue weighted by molar-refractivity contribution is -0.125. The maximum atomic E-state index is 13.7. The minimum absolute atomic E-state index is 0.172. The van der Waals surface area contributed by atoms with Crippen LogP contribution in [0.25, 0.3) is 0 Å². The summed E-state index contributed by atoms with van der Waals surface area (Å²) in [6.07, 6.45) is -4.55. The molecular formula is C20H19ClF2N4O6S. The first-order valence-electron chi connectivity index (χ1n) is 9.79. The Morgan fingerprint density at radius 2 is 2.00 bits per heavy atom. The fourth-order valence-corrected chi connectivity index (χ4v) is 4.06. The van der Waals surface area contributed by atoms with Gasteiger partial charge in [-0.2, -0.15) is 0 Å². The number of morpholine rings is 1. The molecule has 1 aliphatic rings. The molecule has 0 unspecified atom stereocenters. The molecule has 0 bridgehead atoms. The number of benzene rings is 1. The number of hydrogen-bond donors (Lipinski definition) is 4. The lowest BCUT2D eigenvalue weighted by atomic mass is 10.1. The van der Waals surface area contributed by atoms with E-state index < -0.39 is 48.4 Å². The van der Waals surface area contributed by atoms with E-state index in [4.69, 9.17) is 21.4 Å². The van der Waals surface area contributed by atoms with Crippen LogP contribution in [0, 0.1) is 0 Å². The summed E-state index contributed by atoms with van der Waals surface area (Å²) in [6.45, 7) is -0.182. The first-order valence-corrected chi connectivity index (χ1v) is 11.0. The zero-order valence-electron chi connectivity index (χ0n) is 17.3. The number of nitrogens with one attached hydrogen (secondary N) is 3. The molecule has 4 amide bonds. The number of alkyl halides is 2. The van der Waals surface area contributed by atoms with E-state index in [0.29, 0.717) is 4.34 Å². The minimum Gasteiger partial charge on any atom is -0.465 e. The number of rotatable bonds is 8. The Balaban J connectivity index is 1.74. The zero-order chi connectivity index (χ0) is 24.8. The first-order chi connectivity index (χ1) is 16.2. The molecule has 0 aliphatic carbocycles. The number of hydrogen-bond acceptors (Lipinski definition) is 6. The van der Waals surface area contributed by atoms with Crippen LogP contribution >= 0.6 is 22.9 Å². The maximum absolute atomic E-state index is 13.7. The highest BCUT2D eigenvalue weighted by atomic mass is 35.5. The zero-order valence-corrected chi connectivity index (χ0v) is 18.9. The fraction of sp³-hybridized carbons (Fsp3) is 0.300. The topological polar surface area (TPSA) is 137 Å². The van der Waals surface area contributed by atoms with Crippen molar-refractivity contribution < 1.29 is 37.8 Å². The molecule has 0 spiro atoms. The van der Waals surface area contributed by atoms with Gasteiger partial charge in [0.2, 0.25) is 5.91 Å². The van der Waals surface area contributed by atoms with E-state index in [9.17, 15) is 28.0 Å². The molecule has 1 atom stereocenters. The van der Waals surface area contributed by atoms with Crippen LogP contribution in [0.5, 0.6) is 0 Å². The van der Waals surface area contributed by atoms with Crippen molar-refractivity contribution in [1.29, 1.82) is 0 Å². The number of anilines is 2. The Kier molecular flexibility index (Phi) is 8.36. The molecule has 2 heterocycles. The predicted octanol–water partition coefficient (Wildman–Crippen LogP) is 2.71. The molecule has 182 valence electrons. The number of amides is 4. The van der Waals surface area contributed by atoms with Gasteiger partial charge in [0.15, 0.2) is 0 Å². The highest BCUT2D eigenvalue weighted by Crippen LogP contribution is 2.32. The molecule has 10 nitrogen and oxygen atoms in total. The summed E-state index contributed by atoms with van der Waals surface area (Å²) in [5, 5.41) is 15.7. The summed E-state index contributed by atoms with van der Waals surface area (Å²) >= 11 is 6.77. The van der Waals surface area contributed by atoms with E-state index in [1.54, 1.807) is 0 Å². The van der Waals surface area contributed by atoms with Gasteiger partial charge in [0.05, 0.1) is 15.8 Å². The average molecular weight is 517 g/mol. The van der Waals surface area contributed by atoms with Crippen molar-refractivity contribution in [2.24, 2.45) is 0 Å². The third-order valence-electron chi connectivity index (χ3n) is 4.70. The van der Waals surface area contributed by atoms with E-state index in [1.165, 1.54) is 29.2 Å². The van der Waals surface area contributed by atoms with Crippen LogP contribution in [0.4, 0.5) is 25.0 Å². The number of carbonyl (C=O) groups is 4. The highest BCUT2D eigenvalue weighted by Gasteiger charge is 2.26. The van der Waals surface area contributed by atoms with Gasteiger partial charge in [0.1, 0.15) is 12.6 Å². The molecule has 3 rings (SSSR count). The third-order valence-corrected chi connectivity index (χ3v) is 5.93. The van der Waals surface area contributed by atoms with E-state index in [2.05, 4.69) is 10.6 Å². The second-order valence-corrected chi connectivity index (χ2v) is 8.69. The Labute approximate surface area is 200 Å². The van der Waals surface area contributed by atoms with Crippen molar-refractivity contribution in [1.82, 2.24) is 10.6 Å². The average Bonchev–Trinajstić information content (AvgIpc) is 3.23. The molecule has 34 heavy (non-hydrogen) atoms. The molecule has 2 aromatic rings. The van der Waals surface area contributed by atoms with Crippen molar-refractivity contribution in [3.63, 3.8) is 0 Å². The number of carbonyl (C=O) groups excluding carboxylic acids is 3. The monoisotopic (exact) mass is 516 g/mol. The van der Waals surface area contributed by atoms with Crippen molar-refractivity contribution in [3.05, 3.63) is 45.1 Å². The van der Waals surface area contributed by atoms with Gasteiger partial charge in [-0.15, -0.1) is 11.3 Å². The second-order valence-electron chi connectivity index (χ2n) is 6.98. The standard InChI is InChI=1S/C20H19ClF2N4O6S/c21-15-4-3-14(34-15)19(30)24-8-13(26-20(31)32)18(29)25-12-2-1-10(7-11(12)17(22)23)27-5-6-33-9-16(27)28/h1-4,7,13,17,26H,5-6,8-9H2,(H,24,30)(H,25,29)(H,31,32)/t13-/m1/s1. The van der Waals surface area contributed by atoms with Gasteiger partial charge in [-0.25, -0.2) is 13.6 Å². The van der Waals surface area contributed by atoms with Crippen LogP contribution in [0.1, 0.15) is 21.7 Å². The molecule has 0 radical (unpaired) electrons. The Bertz CT molecular complexity index is 1100. The quantitative estimate of drug-likeness (QED) is 0.426. The molecule has 1 aromatic heterocycles. The van der Waals surface area contributed by atoms with Crippen LogP contribution in [-0.4, -0.2) is 61.3 Å². The SMILES string of the molecule is O=C(O)N[C@H](CNC(=O)c1ccc(Cl)s1)C(=O)Nc1ccc(N2CCOCC2=O)cc1C(F)F. The molecule has 1 fully saturated rings. The van der Waals surface area contributed by atoms with Gasteiger partial charge in [-0.1, -0.05) is 11.6 Å². The number of nitrogens with zero attached hydrogens (tertiary/aromatic N) is 1. The van der Waals surface area contributed by atoms with Gasteiger partial charge in [-0.3, -0.25) is 14.4 Å². The fourth-order valence-electron chi connectivity index (χ4n) is 3.10. The number of halogens is 3. The maximum Gasteiger partial charge on any atom is 0.405 e. The summed E-state index contributed by atoms with van der Waals surface area (Å²) in [6, 6.07) is 5.13. The largest absolute Gasteiger partial charge is 0.465 e. The Morgan fingerprint density at radius 1 is 1.24 bits per heavy atom. The summed E-state index contributed by atoms with van der Waals surface area (Å²) < 4.78 is 32.8. The Morgan fingerprint density at radius 3 is 2.62 bits per heavy atom. The van der Waals surface area contributed by atoms with Crippen LogP contribution in [-0.2, 0) is 14.3 Å². The normalized spacial score (nSPS) is 14.6. The van der Waals surface area contributed by atoms with Gasteiger partial charge >= 0.3 is 6.09 Å². The number of thiophene rings is 1. The predicted molar refractivity (Wildman–Crippen MR) is 120 cm³/mol. The molecule has 4 N–H and O–H groups in total. The van der Waals surface area contributed by atoms with Crippen molar-refractivity contribution in [2.45, 2.75) is 12.5 Å². The van der Waals surface area contributed by atoms with Crippen LogP contribution < -0.4 is 20.9 Å². The lowest BCUT2D eigenvalue weighted by Crippen LogP contribution is -2.50. The van der Waals surface area contributed by atoms with Gasteiger partial charge in [0, 0.05) is 30.0 Å². The molecule has 0 saturated carbocycles. The molecule has 1 aliphatic heterocycles. The Hall–Kier alpha value is -3.29. The summed E-state index contributed by atoms with van der Waals surface area (Å²) in [5.41, 5.74) is -0.613.